The fourth-order valence-electron chi connectivity index (χ4n) is 0.875. The average Bonchev–Trinajstić information content (AvgIpc) is 2.43. The molecule has 0 spiro atoms. The normalized spacial score (nSPS) is 31.1. The van der Waals surface area contributed by atoms with Crippen LogP contribution in [0.4, 0.5) is 0 Å². The molecule has 0 aromatic rings. The van der Waals surface area contributed by atoms with E-state index < -0.39 is 20.4 Å². The summed E-state index contributed by atoms with van der Waals surface area (Å²) in [6.45, 7) is 0. The van der Waals surface area contributed by atoms with Crippen LogP contribution in [-0.4, -0.2) is 25.5 Å². The first-order valence-corrected chi connectivity index (χ1v) is 5.92. The van der Waals surface area contributed by atoms with Gasteiger partial charge in [0, 0.05) is 0 Å². The van der Waals surface area contributed by atoms with Crippen molar-refractivity contribution in [3.05, 3.63) is 11.0 Å². The second-order valence-electron chi connectivity index (χ2n) is 2.46. The summed E-state index contributed by atoms with van der Waals surface area (Å²) in [6.07, 6.45) is 1.44. The molecule has 1 aliphatic heterocycles. The highest BCUT2D eigenvalue weighted by Gasteiger charge is 2.48. The molecular weight excluding hydrogens is 340 g/mol. The minimum absolute atomic E-state index is 0.104. The maximum atomic E-state index is 11.4. The summed E-state index contributed by atoms with van der Waals surface area (Å²) < 4.78 is -1.09. The van der Waals surface area contributed by atoms with Gasteiger partial charge in [0.25, 0.3) is 5.91 Å². The molecule has 0 saturated carbocycles. The zero-order chi connectivity index (χ0) is 10.9. The summed E-state index contributed by atoms with van der Waals surface area (Å²) in [7, 11) is 0. The van der Waals surface area contributed by atoms with Crippen LogP contribution in [0.2, 0.25) is 0 Å². The fraction of sp³-hybridized carbons (Fsp3) is 0.333. The van der Waals surface area contributed by atoms with Gasteiger partial charge >= 0.3 is 5.97 Å². The number of nitrogens with one attached hydrogen (secondary N) is 1. The van der Waals surface area contributed by atoms with E-state index in [9.17, 15) is 9.59 Å². The largest absolute Gasteiger partial charge is 0.477 e. The van der Waals surface area contributed by atoms with E-state index >= 15 is 0 Å². The quantitative estimate of drug-likeness (QED) is 0.294. The lowest BCUT2D eigenvalue weighted by atomic mass is 10.2. The van der Waals surface area contributed by atoms with Gasteiger partial charge < -0.3 is 5.11 Å². The third-order valence-electron chi connectivity index (χ3n) is 1.56. The van der Waals surface area contributed by atoms with Crippen LogP contribution in [0.15, 0.2) is 11.0 Å². The van der Waals surface area contributed by atoms with Gasteiger partial charge in [0.2, 0.25) is 0 Å². The topological polar surface area (TPSA) is 92.4 Å². The molecule has 1 amide bonds. The van der Waals surface area contributed by atoms with Crippen LogP contribution >= 0.6 is 43.6 Å². The number of carboxylic acid groups (broad SMARTS) is 1. The lowest BCUT2D eigenvalue weighted by molar-refractivity contribution is -0.131. The number of alkyl halides is 2. The Bertz CT molecular complexity index is 322. The van der Waals surface area contributed by atoms with Crippen molar-refractivity contribution < 1.29 is 14.7 Å². The minimum atomic E-state index is -1.09. The number of hydrazine groups is 1. The number of amides is 1. The Morgan fingerprint density at radius 2 is 2.29 bits per heavy atom. The highest BCUT2D eigenvalue weighted by Crippen LogP contribution is 2.50. The number of aliphatic carboxylic acids is 1. The summed E-state index contributed by atoms with van der Waals surface area (Å²) in [4.78, 5) is 21.7. The summed E-state index contributed by atoms with van der Waals surface area (Å²) in [5.41, 5.74) is 1.97. The van der Waals surface area contributed by atoms with Gasteiger partial charge in [-0.2, -0.15) is 0 Å². The first-order chi connectivity index (χ1) is 6.41. The maximum absolute atomic E-state index is 11.4. The van der Waals surface area contributed by atoms with E-state index in [1.165, 1.54) is 6.08 Å². The van der Waals surface area contributed by atoms with E-state index in [0.29, 0.717) is 0 Å². The smallest absolute Gasteiger partial charge is 0.341 e. The van der Waals surface area contributed by atoms with Crippen LogP contribution in [0, 0.1) is 0 Å². The lowest BCUT2D eigenvalue weighted by Crippen LogP contribution is -2.46. The number of carbonyl (C=O) groups excluding carboxylic acids is 1. The molecule has 0 aromatic carbocycles. The van der Waals surface area contributed by atoms with Crippen molar-refractivity contribution in [2.75, 3.05) is 0 Å². The molecule has 5 nitrogen and oxygen atoms in total. The van der Waals surface area contributed by atoms with Gasteiger partial charge in [-0.15, -0.1) is 0 Å². The van der Waals surface area contributed by atoms with Crippen LogP contribution in [0.3, 0.4) is 0 Å². The summed E-state index contributed by atoms with van der Waals surface area (Å²) >= 11 is 7.24. The number of carboxylic acids is 1. The molecule has 0 fully saturated rings. The molecule has 14 heavy (non-hydrogen) atoms. The van der Waals surface area contributed by atoms with Gasteiger partial charge in [0.05, 0.1) is 9.73 Å². The summed E-state index contributed by atoms with van der Waals surface area (Å²) in [6, 6.07) is 0. The minimum Gasteiger partial charge on any atom is -0.477 e. The first-order valence-electron chi connectivity index (χ1n) is 3.40. The Hall–Kier alpha value is -0.0500. The number of nitrogens with two attached hydrogens (primary N) is 1. The molecular formula is C6H6Br2N2O3S. The molecule has 0 saturated heterocycles. The van der Waals surface area contributed by atoms with E-state index in [1.54, 1.807) is 0 Å². The molecule has 0 aliphatic carbocycles. The number of halogens is 2. The molecule has 2 atom stereocenters. The second kappa shape index (κ2) is 4.21. The van der Waals surface area contributed by atoms with E-state index in [-0.39, 0.29) is 4.91 Å². The number of hydrogen-bond acceptors (Lipinski definition) is 4. The number of thioether (sulfide) groups is 1. The Balaban J connectivity index is 2.90. The number of allylic oxidation sites excluding steroid dienone is 1. The zero-order valence-corrected chi connectivity index (χ0v) is 10.6. The van der Waals surface area contributed by atoms with E-state index in [4.69, 9.17) is 10.9 Å². The van der Waals surface area contributed by atoms with Crippen molar-refractivity contribution in [3.8, 4) is 0 Å². The van der Waals surface area contributed by atoms with Crippen LogP contribution < -0.4 is 11.3 Å². The van der Waals surface area contributed by atoms with E-state index in [2.05, 4.69) is 31.9 Å². The van der Waals surface area contributed by atoms with Gasteiger partial charge in [-0.1, -0.05) is 43.6 Å². The molecule has 0 bridgehead atoms. The predicted octanol–water partition coefficient (Wildman–Crippen LogP) is 0.546. The van der Waals surface area contributed by atoms with Gasteiger partial charge in [-0.25, -0.2) is 10.6 Å². The van der Waals surface area contributed by atoms with Crippen molar-refractivity contribution >= 4 is 55.5 Å². The average molecular weight is 346 g/mol. The Labute approximate surface area is 101 Å². The van der Waals surface area contributed by atoms with Crippen LogP contribution in [0.1, 0.15) is 0 Å². The standard InChI is InChI=1S/C6H6Br2N2O3S/c7-3-1-2(4(11)12)14-6(3,8)5(13)10-9/h1,3H,9H2,(H,10,13)(H,11,12)/t3-,6-/m1/s1. The van der Waals surface area contributed by atoms with Gasteiger partial charge in [0.15, 0.2) is 3.66 Å². The van der Waals surface area contributed by atoms with Crippen LogP contribution in [0.25, 0.3) is 0 Å². The van der Waals surface area contributed by atoms with Crippen LogP contribution in [0.5, 0.6) is 0 Å². The van der Waals surface area contributed by atoms with Crippen molar-refractivity contribution in [3.63, 3.8) is 0 Å². The maximum Gasteiger partial charge on any atom is 0.341 e. The van der Waals surface area contributed by atoms with Crippen molar-refractivity contribution in [1.29, 1.82) is 0 Å². The molecule has 4 N–H and O–H groups in total. The molecule has 0 radical (unpaired) electrons. The first kappa shape index (κ1) is 12.0. The van der Waals surface area contributed by atoms with E-state index in [0.717, 1.165) is 11.8 Å². The molecule has 8 heteroatoms. The number of carbonyl (C=O) groups is 2. The lowest BCUT2D eigenvalue weighted by Gasteiger charge is -2.22. The van der Waals surface area contributed by atoms with E-state index in [1.807, 2.05) is 5.43 Å². The summed E-state index contributed by atoms with van der Waals surface area (Å²) in [5, 5.41) is 8.72. The number of hydrogen-bond donors (Lipinski definition) is 3. The monoisotopic (exact) mass is 344 g/mol. The zero-order valence-electron chi connectivity index (χ0n) is 6.66. The van der Waals surface area contributed by atoms with Gasteiger partial charge in [-0.3, -0.25) is 10.2 Å². The molecule has 0 aromatic heterocycles. The fourth-order valence-corrected chi connectivity index (χ4v) is 3.52. The van der Waals surface area contributed by atoms with Gasteiger partial charge in [0.1, 0.15) is 0 Å². The van der Waals surface area contributed by atoms with Gasteiger partial charge in [-0.05, 0) is 6.08 Å². The highest BCUT2D eigenvalue weighted by atomic mass is 79.9. The molecule has 1 rings (SSSR count). The van der Waals surface area contributed by atoms with Crippen LogP contribution in [-0.2, 0) is 9.59 Å². The Morgan fingerprint density at radius 1 is 1.71 bits per heavy atom. The van der Waals surface area contributed by atoms with Crippen molar-refractivity contribution in [2.24, 2.45) is 5.84 Å². The van der Waals surface area contributed by atoms with Crippen molar-refractivity contribution in [2.45, 2.75) is 8.48 Å². The highest BCUT2D eigenvalue weighted by molar-refractivity contribution is 9.14. The van der Waals surface area contributed by atoms with Crippen molar-refractivity contribution in [1.82, 2.24) is 5.43 Å². The molecule has 0 unspecified atom stereocenters. The SMILES string of the molecule is NNC(=O)[C@]1(Br)SC(C(=O)O)=C[C@H]1Br. The third kappa shape index (κ3) is 1.97. The Kier molecular flexibility index (Phi) is 3.62. The molecule has 1 heterocycles. The molecule has 78 valence electrons. The Morgan fingerprint density at radius 3 is 2.64 bits per heavy atom. The second-order valence-corrected chi connectivity index (χ2v) is 6.51. The number of rotatable bonds is 2. The summed E-state index contributed by atoms with van der Waals surface area (Å²) in [5.74, 6) is 3.43. The third-order valence-corrected chi connectivity index (χ3v) is 6.04. The predicted molar refractivity (Wildman–Crippen MR) is 60.0 cm³/mol. The molecule has 1 aliphatic rings.